The van der Waals surface area contributed by atoms with Crippen molar-refractivity contribution in [1.29, 1.82) is 0 Å². The Balaban J connectivity index is 1.97. The van der Waals surface area contributed by atoms with Crippen molar-refractivity contribution >= 4 is 27.9 Å². The summed E-state index contributed by atoms with van der Waals surface area (Å²) in [7, 11) is 0. The molecule has 0 saturated carbocycles. The van der Waals surface area contributed by atoms with Gasteiger partial charge in [-0.15, -0.1) is 4.73 Å². The Labute approximate surface area is 163 Å². The van der Waals surface area contributed by atoms with Crippen LogP contribution in [0.4, 0.5) is 5.69 Å². The molecule has 0 atom stereocenters. The fourth-order valence-corrected chi connectivity index (χ4v) is 4.26. The Morgan fingerprint density at radius 1 is 1.19 bits per heavy atom. The highest BCUT2D eigenvalue weighted by molar-refractivity contribution is 7.08. The lowest BCUT2D eigenvalue weighted by Gasteiger charge is -2.31. The Hall–Kier alpha value is -2.31. The van der Waals surface area contributed by atoms with Crippen LogP contribution in [0.1, 0.15) is 19.8 Å². The summed E-state index contributed by atoms with van der Waals surface area (Å²) in [5.74, 6) is 0. The van der Waals surface area contributed by atoms with Crippen LogP contribution < -0.4 is 20.6 Å². The van der Waals surface area contributed by atoms with Crippen LogP contribution in [0.15, 0.2) is 45.9 Å². The summed E-state index contributed by atoms with van der Waals surface area (Å²) in [5, 5.41) is 8.61. The zero-order chi connectivity index (χ0) is 18.6. The highest BCUT2D eigenvalue weighted by Crippen LogP contribution is 2.36. The quantitative estimate of drug-likeness (QED) is 0.663. The number of unbranched alkanes of at least 4 members (excludes halogenated alkanes) is 1. The summed E-state index contributed by atoms with van der Waals surface area (Å²) in [4.78, 5) is 21.7. The topological polar surface area (TPSA) is 46.5 Å². The van der Waals surface area contributed by atoms with Crippen LogP contribution in [0.3, 0.4) is 0 Å². The molecule has 1 saturated heterocycles. The average molecular weight is 384 g/mol. The number of hydrogen-bond donors (Lipinski definition) is 1. The van der Waals surface area contributed by atoms with Gasteiger partial charge in [0, 0.05) is 37.1 Å². The molecule has 142 valence electrons. The average Bonchev–Trinajstić information content (AvgIpc) is 3.24. The zero-order valence-electron chi connectivity index (χ0n) is 15.6. The molecule has 1 aromatic carbocycles. The van der Waals surface area contributed by atoms with Crippen molar-refractivity contribution in [2.45, 2.75) is 19.8 Å². The lowest BCUT2D eigenvalue weighted by atomic mass is 10.0. The Kier molecular flexibility index (Phi) is 5.45. The van der Waals surface area contributed by atoms with Crippen LogP contribution in [0.5, 0.6) is 0 Å². The van der Waals surface area contributed by atoms with Crippen molar-refractivity contribution in [3.63, 3.8) is 0 Å². The third-order valence-electron chi connectivity index (χ3n) is 4.98. The van der Waals surface area contributed by atoms with Gasteiger partial charge in [-0.3, -0.25) is 4.79 Å². The number of rotatable bonds is 6. The molecule has 5 nitrogen and oxygen atoms in total. The number of piperazine rings is 1. The van der Waals surface area contributed by atoms with E-state index in [0.717, 1.165) is 66.7 Å². The first-order valence-corrected chi connectivity index (χ1v) is 10.5. The first kappa shape index (κ1) is 18.1. The Bertz CT molecular complexity index is 959. The number of nitrogens with zero attached hydrogens (tertiary/aromatic N) is 2. The van der Waals surface area contributed by atoms with Gasteiger partial charge < -0.3 is 15.1 Å². The Morgan fingerprint density at radius 2 is 2.00 bits per heavy atom. The van der Waals surface area contributed by atoms with Crippen LogP contribution >= 0.6 is 11.3 Å². The van der Waals surface area contributed by atoms with Crippen LogP contribution in [-0.4, -0.2) is 37.5 Å². The zero-order valence-corrected chi connectivity index (χ0v) is 16.4. The summed E-state index contributed by atoms with van der Waals surface area (Å²) < 4.78 is 1.51. The molecule has 1 aliphatic rings. The van der Waals surface area contributed by atoms with Crippen molar-refractivity contribution in [3.05, 3.63) is 51.4 Å². The van der Waals surface area contributed by atoms with Crippen LogP contribution in [-0.2, 0) is 0 Å². The summed E-state index contributed by atoms with van der Waals surface area (Å²) in [5.41, 5.74) is 3.65. The molecule has 1 fully saturated rings. The van der Waals surface area contributed by atoms with Crippen LogP contribution in [0.2, 0.25) is 0 Å². The van der Waals surface area contributed by atoms with Gasteiger partial charge in [0.25, 0.3) is 0 Å². The lowest BCUT2D eigenvalue weighted by Crippen LogP contribution is -2.46. The fourth-order valence-electron chi connectivity index (χ4n) is 3.61. The summed E-state index contributed by atoms with van der Waals surface area (Å²) in [6.07, 6.45) is 1.96. The SMILES string of the molecule is CCCCOn1c(=O)c(N2CCNCC2)c(-c2ccsc2)c2ccccc21. The minimum Gasteiger partial charge on any atom is -0.410 e. The van der Waals surface area contributed by atoms with Crippen molar-refractivity contribution in [2.75, 3.05) is 37.7 Å². The van der Waals surface area contributed by atoms with E-state index in [9.17, 15) is 4.79 Å². The minimum absolute atomic E-state index is 0.0621. The first-order valence-electron chi connectivity index (χ1n) is 9.60. The maximum Gasteiger partial charge on any atom is 0.307 e. The van der Waals surface area contributed by atoms with E-state index in [1.807, 2.05) is 18.2 Å². The highest BCUT2D eigenvalue weighted by Gasteiger charge is 2.24. The lowest BCUT2D eigenvalue weighted by molar-refractivity contribution is 0.110. The molecule has 1 N–H and O–H groups in total. The molecule has 27 heavy (non-hydrogen) atoms. The van der Waals surface area contributed by atoms with Crippen molar-refractivity contribution in [1.82, 2.24) is 10.0 Å². The van der Waals surface area contributed by atoms with Crippen molar-refractivity contribution in [3.8, 4) is 11.1 Å². The molecule has 4 rings (SSSR count). The maximum absolute atomic E-state index is 13.6. The second kappa shape index (κ2) is 8.15. The summed E-state index contributed by atoms with van der Waals surface area (Å²) in [6.45, 7) is 6.06. The second-order valence-corrected chi connectivity index (χ2v) is 7.56. The maximum atomic E-state index is 13.6. The second-order valence-electron chi connectivity index (χ2n) is 6.78. The normalized spacial score (nSPS) is 14.6. The molecule has 6 heteroatoms. The van der Waals surface area contributed by atoms with Gasteiger partial charge in [-0.2, -0.15) is 11.3 Å². The van der Waals surface area contributed by atoms with Crippen molar-refractivity contribution in [2.24, 2.45) is 0 Å². The predicted molar refractivity (Wildman–Crippen MR) is 113 cm³/mol. The predicted octanol–water partition coefficient (Wildman–Crippen LogP) is 3.37. The number of anilines is 1. The van der Waals surface area contributed by atoms with E-state index >= 15 is 0 Å². The number of para-hydroxylation sites is 1. The summed E-state index contributed by atoms with van der Waals surface area (Å²) >= 11 is 1.65. The van der Waals surface area contributed by atoms with E-state index < -0.39 is 0 Å². The van der Waals surface area contributed by atoms with E-state index in [1.165, 1.54) is 4.73 Å². The van der Waals surface area contributed by atoms with E-state index in [-0.39, 0.29) is 5.56 Å². The molecular weight excluding hydrogens is 358 g/mol. The van der Waals surface area contributed by atoms with Crippen LogP contribution in [0, 0.1) is 0 Å². The standard InChI is InChI=1S/C21H25N3O2S/c1-2-3-13-26-24-18-7-5-4-6-17(18)19(16-8-14-27-15-16)20(21(24)25)23-11-9-22-10-12-23/h4-8,14-15,22H,2-3,9-13H2,1H3. The largest absolute Gasteiger partial charge is 0.410 e. The molecule has 0 spiro atoms. The number of benzene rings is 1. The van der Waals surface area contributed by atoms with Crippen LogP contribution in [0.25, 0.3) is 22.0 Å². The van der Waals surface area contributed by atoms with Gasteiger partial charge in [0.2, 0.25) is 0 Å². The van der Waals surface area contributed by atoms with Gasteiger partial charge >= 0.3 is 5.56 Å². The fraction of sp³-hybridized carbons (Fsp3) is 0.381. The molecule has 3 aromatic rings. The molecule has 0 bridgehead atoms. The molecule has 2 aromatic heterocycles. The van der Waals surface area contributed by atoms with E-state index in [2.05, 4.69) is 40.0 Å². The molecule has 0 aliphatic carbocycles. The van der Waals surface area contributed by atoms with Crippen molar-refractivity contribution < 1.29 is 4.84 Å². The Morgan fingerprint density at radius 3 is 2.74 bits per heavy atom. The molecular formula is C21H25N3O2S. The number of hydrogen-bond acceptors (Lipinski definition) is 5. The van der Waals surface area contributed by atoms with Gasteiger partial charge in [0.05, 0.1) is 5.52 Å². The van der Waals surface area contributed by atoms with Gasteiger partial charge in [-0.05, 0) is 34.9 Å². The van der Waals surface area contributed by atoms with E-state index in [1.54, 1.807) is 11.3 Å². The highest BCUT2D eigenvalue weighted by atomic mass is 32.1. The van der Waals surface area contributed by atoms with E-state index in [4.69, 9.17) is 4.84 Å². The smallest absolute Gasteiger partial charge is 0.307 e. The number of aromatic nitrogens is 1. The minimum atomic E-state index is -0.0621. The molecule has 0 amide bonds. The molecule has 0 radical (unpaired) electrons. The van der Waals surface area contributed by atoms with Gasteiger partial charge in [0.15, 0.2) is 0 Å². The number of pyridine rings is 1. The molecule has 3 heterocycles. The van der Waals surface area contributed by atoms with Gasteiger partial charge in [0.1, 0.15) is 12.3 Å². The number of thiophene rings is 1. The third-order valence-corrected chi connectivity index (χ3v) is 5.66. The summed E-state index contributed by atoms with van der Waals surface area (Å²) in [6, 6.07) is 10.1. The molecule has 1 aliphatic heterocycles. The first-order chi connectivity index (χ1) is 13.3. The number of fused-ring (bicyclic) bond motifs is 1. The number of nitrogens with one attached hydrogen (secondary N) is 1. The van der Waals surface area contributed by atoms with E-state index in [0.29, 0.717) is 6.61 Å². The monoisotopic (exact) mass is 383 g/mol. The molecule has 0 unspecified atom stereocenters. The van der Waals surface area contributed by atoms with Gasteiger partial charge in [-0.1, -0.05) is 31.5 Å². The van der Waals surface area contributed by atoms with Gasteiger partial charge in [-0.25, -0.2) is 0 Å². The third kappa shape index (κ3) is 3.47.